The Morgan fingerprint density at radius 3 is 1.59 bits per heavy atom. The average molecular weight is 323 g/mol. The number of carbonyl (C=O) groups excluding carboxylic acids is 1. The molecule has 0 aromatic carbocycles. The first kappa shape index (κ1) is 21.2. The molecule has 0 rings (SSSR count). The predicted molar refractivity (Wildman–Crippen MR) is 79.3 cm³/mol. The molecule has 0 bridgehead atoms. The van der Waals surface area contributed by atoms with Gasteiger partial charge in [-0.1, -0.05) is 0 Å². The number of rotatable bonds is 14. The van der Waals surface area contributed by atoms with E-state index in [0.717, 1.165) is 0 Å². The van der Waals surface area contributed by atoms with Crippen molar-refractivity contribution in [2.75, 3.05) is 59.5 Å². The summed E-state index contributed by atoms with van der Waals surface area (Å²) in [5, 5.41) is 0. The smallest absolute Gasteiger partial charge is 0.332 e. The first-order chi connectivity index (χ1) is 10.5. The molecule has 0 aliphatic heterocycles. The van der Waals surface area contributed by atoms with E-state index < -0.39 is 5.60 Å². The number of esters is 1. The third-order valence-corrected chi connectivity index (χ3v) is 2.10. The van der Waals surface area contributed by atoms with E-state index >= 15 is 0 Å². The molecule has 0 saturated carbocycles. The first-order valence-corrected chi connectivity index (χ1v) is 7.30. The number of hydrogen-bond acceptors (Lipinski definition) is 8. The Morgan fingerprint density at radius 2 is 1.18 bits per heavy atom. The normalized spacial score (nSPS) is 11.6. The SMILES string of the molecule is CC(C)(C)OC(=O)COCCOCCOCCOCCON. The fourth-order valence-electron chi connectivity index (χ4n) is 1.29. The molecule has 0 aromatic heterocycles. The molecule has 0 unspecified atom stereocenters. The zero-order valence-corrected chi connectivity index (χ0v) is 13.8. The van der Waals surface area contributed by atoms with Crippen LogP contribution < -0.4 is 5.90 Å². The summed E-state index contributed by atoms with van der Waals surface area (Å²) in [5.41, 5.74) is -0.491. The highest BCUT2D eigenvalue weighted by Crippen LogP contribution is 2.06. The summed E-state index contributed by atoms with van der Waals surface area (Å²) in [5.74, 6) is 4.46. The molecule has 0 atom stereocenters. The fourth-order valence-corrected chi connectivity index (χ4v) is 1.29. The molecular formula is C14H29NO7. The number of carbonyl (C=O) groups is 1. The predicted octanol–water partition coefficient (Wildman–Crippen LogP) is 0.285. The fraction of sp³-hybridized carbons (Fsp3) is 0.929. The molecule has 0 radical (unpaired) electrons. The van der Waals surface area contributed by atoms with Crippen LogP contribution in [-0.4, -0.2) is 71.0 Å². The number of hydrogen-bond donors (Lipinski definition) is 1. The van der Waals surface area contributed by atoms with Crippen LogP contribution in [0.25, 0.3) is 0 Å². The minimum atomic E-state index is -0.491. The summed E-state index contributed by atoms with van der Waals surface area (Å²) in [6, 6.07) is 0. The molecule has 0 spiro atoms. The maximum absolute atomic E-state index is 11.3. The van der Waals surface area contributed by atoms with Crippen molar-refractivity contribution in [1.29, 1.82) is 0 Å². The lowest BCUT2D eigenvalue weighted by Gasteiger charge is -2.19. The highest BCUT2D eigenvalue weighted by molar-refractivity contribution is 5.71. The first-order valence-electron chi connectivity index (χ1n) is 7.30. The van der Waals surface area contributed by atoms with E-state index in [0.29, 0.717) is 52.9 Å². The second-order valence-corrected chi connectivity index (χ2v) is 5.35. The van der Waals surface area contributed by atoms with Crippen molar-refractivity contribution in [3.8, 4) is 0 Å². The van der Waals surface area contributed by atoms with Gasteiger partial charge in [-0.15, -0.1) is 0 Å². The van der Waals surface area contributed by atoms with Crippen LogP contribution in [0.4, 0.5) is 0 Å². The minimum Gasteiger partial charge on any atom is -0.458 e. The van der Waals surface area contributed by atoms with Crippen molar-refractivity contribution < 1.29 is 33.3 Å². The lowest BCUT2D eigenvalue weighted by Crippen LogP contribution is -2.27. The Hall–Kier alpha value is -0.770. The molecular weight excluding hydrogens is 294 g/mol. The van der Waals surface area contributed by atoms with E-state index in [2.05, 4.69) is 4.84 Å². The van der Waals surface area contributed by atoms with Gasteiger partial charge in [-0.05, 0) is 20.8 Å². The maximum Gasteiger partial charge on any atom is 0.332 e. The summed E-state index contributed by atoms with van der Waals surface area (Å²) >= 11 is 0. The van der Waals surface area contributed by atoms with Crippen molar-refractivity contribution >= 4 is 5.97 Å². The second-order valence-electron chi connectivity index (χ2n) is 5.35. The van der Waals surface area contributed by atoms with Gasteiger partial charge in [0.15, 0.2) is 0 Å². The molecule has 0 heterocycles. The monoisotopic (exact) mass is 323 g/mol. The Kier molecular flexibility index (Phi) is 13.4. The summed E-state index contributed by atoms with van der Waals surface area (Å²) < 4.78 is 25.9. The molecule has 0 fully saturated rings. The van der Waals surface area contributed by atoms with Crippen molar-refractivity contribution in [2.24, 2.45) is 5.90 Å². The van der Waals surface area contributed by atoms with Crippen molar-refractivity contribution in [1.82, 2.24) is 0 Å². The molecule has 0 aliphatic carbocycles. The third-order valence-electron chi connectivity index (χ3n) is 2.10. The van der Waals surface area contributed by atoms with E-state index in [9.17, 15) is 4.79 Å². The Balaban J connectivity index is 3.16. The van der Waals surface area contributed by atoms with Gasteiger partial charge in [0.25, 0.3) is 0 Å². The summed E-state index contributed by atoms with van der Waals surface area (Å²) in [6.07, 6.45) is 0. The van der Waals surface area contributed by atoms with Gasteiger partial charge >= 0.3 is 5.97 Å². The van der Waals surface area contributed by atoms with Crippen LogP contribution in [0.5, 0.6) is 0 Å². The standard InChI is InChI=1S/C14H29NO7/c1-14(2,3)22-13(16)12-20-9-8-18-5-4-17-6-7-19-10-11-21-15/h4-12,15H2,1-3H3. The van der Waals surface area contributed by atoms with Gasteiger partial charge in [0.1, 0.15) is 12.2 Å². The van der Waals surface area contributed by atoms with Gasteiger partial charge < -0.3 is 28.5 Å². The molecule has 2 N–H and O–H groups in total. The molecule has 0 amide bonds. The maximum atomic E-state index is 11.3. The van der Waals surface area contributed by atoms with E-state index in [1.165, 1.54) is 0 Å². The van der Waals surface area contributed by atoms with Crippen LogP contribution in [0, 0.1) is 0 Å². The van der Waals surface area contributed by atoms with E-state index in [1.807, 2.05) is 20.8 Å². The van der Waals surface area contributed by atoms with Crippen LogP contribution in [-0.2, 0) is 33.3 Å². The van der Waals surface area contributed by atoms with Crippen LogP contribution in [0.1, 0.15) is 20.8 Å². The lowest BCUT2D eigenvalue weighted by atomic mass is 10.2. The molecule has 22 heavy (non-hydrogen) atoms. The quantitative estimate of drug-likeness (QED) is 0.277. The largest absolute Gasteiger partial charge is 0.458 e. The van der Waals surface area contributed by atoms with Crippen molar-refractivity contribution in [3.63, 3.8) is 0 Å². The molecule has 8 nitrogen and oxygen atoms in total. The van der Waals surface area contributed by atoms with Crippen LogP contribution in [0.3, 0.4) is 0 Å². The molecule has 132 valence electrons. The van der Waals surface area contributed by atoms with E-state index in [4.69, 9.17) is 29.6 Å². The van der Waals surface area contributed by atoms with Gasteiger partial charge in [0, 0.05) is 0 Å². The summed E-state index contributed by atoms with van der Waals surface area (Å²) in [4.78, 5) is 15.7. The average Bonchev–Trinajstić information content (AvgIpc) is 2.42. The molecule has 0 aliphatic rings. The van der Waals surface area contributed by atoms with Crippen LogP contribution in [0.15, 0.2) is 0 Å². The molecule has 0 aromatic rings. The summed E-state index contributed by atoms with van der Waals surface area (Å²) in [6.45, 7) is 8.83. The Bertz CT molecular complexity index is 268. The number of ether oxygens (including phenoxy) is 5. The minimum absolute atomic E-state index is 0.0685. The number of nitrogens with two attached hydrogens (primary N) is 1. The van der Waals surface area contributed by atoms with Gasteiger partial charge in [0.05, 0.1) is 52.9 Å². The zero-order chi connectivity index (χ0) is 16.7. The molecule has 8 heteroatoms. The van der Waals surface area contributed by atoms with E-state index in [1.54, 1.807) is 0 Å². The highest BCUT2D eigenvalue weighted by atomic mass is 16.6. The van der Waals surface area contributed by atoms with Gasteiger partial charge in [-0.25, -0.2) is 10.7 Å². The molecule has 0 saturated heterocycles. The highest BCUT2D eigenvalue weighted by Gasteiger charge is 2.15. The van der Waals surface area contributed by atoms with Crippen molar-refractivity contribution in [2.45, 2.75) is 26.4 Å². The van der Waals surface area contributed by atoms with Gasteiger partial charge in [-0.2, -0.15) is 0 Å². The second kappa shape index (κ2) is 13.9. The van der Waals surface area contributed by atoms with Gasteiger partial charge in [-0.3, -0.25) is 0 Å². The lowest BCUT2D eigenvalue weighted by molar-refractivity contribution is -0.160. The Morgan fingerprint density at radius 1 is 0.773 bits per heavy atom. The van der Waals surface area contributed by atoms with Gasteiger partial charge in [0.2, 0.25) is 0 Å². The summed E-state index contributed by atoms with van der Waals surface area (Å²) in [7, 11) is 0. The van der Waals surface area contributed by atoms with Crippen LogP contribution >= 0.6 is 0 Å². The Labute approximate surface area is 132 Å². The topological polar surface area (TPSA) is 98.5 Å². The van der Waals surface area contributed by atoms with Crippen LogP contribution in [0.2, 0.25) is 0 Å². The zero-order valence-electron chi connectivity index (χ0n) is 13.8. The third kappa shape index (κ3) is 17.3. The van der Waals surface area contributed by atoms with E-state index in [-0.39, 0.29) is 12.6 Å². The van der Waals surface area contributed by atoms with Crippen molar-refractivity contribution in [3.05, 3.63) is 0 Å².